The fourth-order valence-corrected chi connectivity index (χ4v) is 0.862. The fraction of sp³-hybridized carbons (Fsp3) is 0.0714. The molecule has 17 heavy (non-hydrogen) atoms. The Labute approximate surface area is 100 Å². The third-order valence-electron chi connectivity index (χ3n) is 1.83. The first kappa shape index (κ1) is 14.8. The minimum absolute atomic E-state index is 0.0123. The van der Waals surface area contributed by atoms with E-state index in [4.69, 9.17) is 0 Å². The van der Waals surface area contributed by atoms with Gasteiger partial charge >= 0.3 is 0 Å². The SMILES string of the molecule is C=C(C)/C=C(/F)C(=C)C(=C)/C=C(/O)C(=C)C=O. The third kappa shape index (κ3) is 4.93. The maximum Gasteiger partial charge on any atom is 0.153 e. The molecule has 0 aromatic rings. The van der Waals surface area contributed by atoms with E-state index >= 15 is 0 Å². The Balaban J connectivity index is 4.98. The number of hydrogen-bond donors (Lipinski definition) is 1. The molecule has 90 valence electrons. The maximum absolute atomic E-state index is 13.5. The largest absolute Gasteiger partial charge is 0.507 e. The molecule has 0 spiro atoms. The average molecular weight is 234 g/mol. The first-order valence-corrected chi connectivity index (χ1v) is 4.76. The number of allylic oxidation sites excluding steroid dienone is 7. The van der Waals surface area contributed by atoms with Gasteiger partial charge in [-0.3, -0.25) is 4.79 Å². The van der Waals surface area contributed by atoms with E-state index in [0.29, 0.717) is 11.9 Å². The Kier molecular flexibility index (Phi) is 5.61. The Morgan fingerprint density at radius 2 is 1.65 bits per heavy atom. The van der Waals surface area contributed by atoms with Crippen molar-refractivity contribution in [3.8, 4) is 0 Å². The third-order valence-corrected chi connectivity index (χ3v) is 1.83. The molecular weight excluding hydrogens is 219 g/mol. The Morgan fingerprint density at radius 1 is 1.12 bits per heavy atom. The number of rotatable bonds is 6. The van der Waals surface area contributed by atoms with Crippen LogP contribution in [0.1, 0.15) is 6.92 Å². The van der Waals surface area contributed by atoms with Gasteiger partial charge in [-0.15, -0.1) is 0 Å². The summed E-state index contributed by atoms with van der Waals surface area (Å²) in [5.74, 6) is -0.961. The van der Waals surface area contributed by atoms with Crippen LogP contribution < -0.4 is 0 Å². The molecule has 0 aromatic heterocycles. The summed E-state index contributed by atoms with van der Waals surface area (Å²) in [7, 11) is 0. The van der Waals surface area contributed by atoms with Crippen LogP contribution in [0, 0.1) is 0 Å². The van der Waals surface area contributed by atoms with Gasteiger partial charge in [-0.1, -0.05) is 31.9 Å². The van der Waals surface area contributed by atoms with Crippen molar-refractivity contribution in [2.45, 2.75) is 6.92 Å². The molecule has 0 atom stereocenters. The molecule has 0 fully saturated rings. The Morgan fingerprint density at radius 3 is 2.06 bits per heavy atom. The van der Waals surface area contributed by atoms with Crippen molar-refractivity contribution in [3.05, 3.63) is 72.3 Å². The van der Waals surface area contributed by atoms with Crippen LogP contribution in [0.2, 0.25) is 0 Å². The van der Waals surface area contributed by atoms with Crippen LogP contribution >= 0.6 is 0 Å². The van der Waals surface area contributed by atoms with Crippen LogP contribution in [0.5, 0.6) is 0 Å². The van der Waals surface area contributed by atoms with E-state index in [9.17, 15) is 14.3 Å². The van der Waals surface area contributed by atoms with Crippen LogP contribution in [0.15, 0.2) is 72.3 Å². The predicted octanol–water partition coefficient (Wildman–Crippen LogP) is 3.73. The molecule has 0 radical (unpaired) electrons. The molecule has 0 aliphatic rings. The van der Waals surface area contributed by atoms with Crippen molar-refractivity contribution in [2.75, 3.05) is 0 Å². The van der Waals surface area contributed by atoms with Gasteiger partial charge in [0.05, 0.1) is 0 Å². The Bertz CT molecular complexity index is 451. The van der Waals surface area contributed by atoms with E-state index in [1.54, 1.807) is 6.92 Å². The molecule has 0 heterocycles. The summed E-state index contributed by atoms with van der Waals surface area (Å²) >= 11 is 0. The number of aliphatic hydroxyl groups excluding tert-OH is 1. The van der Waals surface area contributed by atoms with Gasteiger partial charge < -0.3 is 5.11 Å². The topological polar surface area (TPSA) is 37.3 Å². The predicted molar refractivity (Wildman–Crippen MR) is 68.2 cm³/mol. The normalized spacial score (nSPS) is 11.9. The zero-order chi connectivity index (χ0) is 13.6. The van der Waals surface area contributed by atoms with Crippen molar-refractivity contribution >= 4 is 6.29 Å². The molecule has 0 amide bonds. The second-order valence-electron chi connectivity index (χ2n) is 3.52. The summed E-state index contributed by atoms with van der Waals surface area (Å²) < 4.78 is 13.5. The van der Waals surface area contributed by atoms with Gasteiger partial charge in [0.1, 0.15) is 11.6 Å². The summed E-state index contributed by atoms with van der Waals surface area (Å²) in [6.07, 6.45) is 2.72. The molecule has 0 saturated heterocycles. The monoisotopic (exact) mass is 234 g/mol. The highest BCUT2D eigenvalue weighted by atomic mass is 19.1. The van der Waals surface area contributed by atoms with E-state index in [-0.39, 0.29) is 22.5 Å². The van der Waals surface area contributed by atoms with E-state index in [1.807, 2.05) is 0 Å². The van der Waals surface area contributed by atoms with Crippen LogP contribution in [0.25, 0.3) is 0 Å². The van der Waals surface area contributed by atoms with Gasteiger partial charge in [0, 0.05) is 11.1 Å². The lowest BCUT2D eigenvalue weighted by Crippen LogP contribution is -1.92. The highest BCUT2D eigenvalue weighted by molar-refractivity contribution is 5.78. The summed E-state index contributed by atoms with van der Waals surface area (Å²) in [5.41, 5.74) is 0.587. The van der Waals surface area contributed by atoms with Crippen LogP contribution in [0.4, 0.5) is 4.39 Å². The maximum atomic E-state index is 13.5. The molecule has 2 nitrogen and oxygen atoms in total. The number of hydrogen-bond acceptors (Lipinski definition) is 2. The molecule has 0 aliphatic heterocycles. The van der Waals surface area contributed by atoms with Gasteiger partial charge in [-0.05, 0) is 24.6 Å². The van der Waals surface area contributed by atoms with E-state index in [2.05, 4.69) is 26.3 Å². The van der Waals surface area contributed by atoms with Gasteiger partial charge in [0.25, 0.3) is 0 Å². The minimum Gasteiger partial charge on any atom is -0.507 e. The second kappa shape index (κ2) is 6.43. The first-order valence-electron chi connectivity index (χ1n) is 4.76. The van der Waals surface area contributed by atoms with Crippen LogP contribution in [-0.2, 0) is 4.79 Å². The van der Waals surface area contributed by atoms with Crippen LogP contribution in [-0.4, -0.2) is 11.4 Å². The van der Waals surface area contributed by atoms with Crippen molar-refractivity contribution < 1.29 is 14.3 Å². The minimum atomic E-state index is -0.594. The van der Waals surface area contributed by atoms with E-state index in [1.165, 1.54) is 6.08 Å². The lowest BCUT2D eigenvalue weighted by Gasteiger charge is -2.04. The molecule has 0 unspecified atom stereocenters. The van der Waals surface area contributed by atoms with Gasteiger partial charge in [0.15, 0.2) is 6.29 Å². The van der Waals surface area contributed by atoms with Crippen molar-refractivity contribution in [1.82, 2.24) is 0 Å². The standard InChI is InChI=1S/C14H15FO2/c1-9(2)6-13(15)12(5)10(3)7-14(17)11(4)8-16/h6-8,17H,1,3-5H2,2H3/b13-6+,14-7+. The van der Waals surface area contributed by atoms with E-state index < -0.39 is 5.83 Å². The molecule has 3 heteroatoms. The highest BCUT2D eigenvalue weighted by Crippen LogP contribution is 2.21. The summed E-state index contributed by atoms with van der Waals surface area (Å²) in [4.78, 5) is 10.3. The molecule has 0 saturated carbocycles. The van der Waals surface area contributed by atoms with Gasteiger partial charge in [0.2, 0.25) is 0 Å². The highest BCUT2D eigenvalue weighted by Gasteiger charge is 2.06. The smallest absolute Gasteiger partial charge is 0.153 e. The molecule has 0 rings (SSSR count). The lowest BCUT2D eigenvalue weighted by atomic mass is 10.1. The molecule has 0 aliphatic carbocycles. The zero-order valence-corrected chi connectivity index (χ0v) is 9.79. The van der Waals surface area contributed by atoms with Crippen molar-refractivity contribution in [3.63, 3.8) is 0 Å². The number of aldehydes is 1. The summed E-state index contributed by atoms with van der Waals surface area (Å²) in [6.45, 7) is 15.5. The first-order chi connectivity index (χ1) is 7.79. The molecule has 1 N–H and O–H groups in total. The second-order valence-corrected chi connectivity index (χ2v) is 3.52. The molecular formula is C14H15FO2. The van der Waals surface area contributed by atoms with Crippen LogP contribution in [0.3, 0.4) is 0 Å². The summed E-state index contributed by atoms with van der Waals surface area (Å²) in [6, 6.07) is 0. The molecule has 0 bridgehead atoms. The van der Waals surface area contributed by atoms with Gasteiger partial charge in [-0.2, -0.15) is 0 Å². The quantitative estimate of drug-likeness (QED) is 0.329. The van der Waals surface area contributed by atoms with Gasteiger partial charge in [-0.25, -0.2) is 4.39 Å². The molecule has 0 aromatic carbocycles. The number of carbonyl (C=O) groups excluding carboxylic acids is 1. The van der Waals surface area contributed by atoms with Crippen molar-refractivity contribution in [1.29, 1.82) is 0 Å². The Hall–Kier alpha value is -2.16. The summed E-state index contributed by atoms with van der Waals surface area (Å²) in [5, 5.41) is 9.37. The average Bonchev–Trinajstić information content (AvgIpc) is 2.25. The number of carbonyl (C=O) groups is 1. The zero-order valence-electron chi connectivity index (χ0n) is 9.79. The van der Waals surface area contributed by atoms with Crippen molar-refractivity contribution in [2.24, 2.45) is 0 Å². The fourth-order valence-electron chi connectivity index (χ4n) is 0.862. The number of halogens is 1. The number of aliphatic hydroxyl groups is 1. The lowest BCUT2D eigenvalue weighted by molar-refractivity contribution is -0.104. The van der Waals surface area contributed by atoms with E-state index in [0.717, 1.165) is 6.08 Å².